The predicted octanol–water partition coefficient (Wildman–Crippen LogP) is 1.90. The van der Waals surface area contributed by atoms with Gasteiger partial charge in [0.05, 0.1) is 11.7 Å². The molecule has 0 aliphatic carbocycles. The van der Waals surface area contributed by atoms with Gasteiger partial charge in [-0.05, 0) is 27.7 Å². The molecule has 0 amide bonds. The minimum absolute atomic E-state index is 0.0119. The minimum atomic E-state index is -0.0119. The molecule has 0 radical (unpaired) electrons. The van der Waals surface area contributed by atoms with Gasteiger partial charge in [0.25, 0.3) is 0 Å². The molecule has 2 saturated heterocycles. The molecule has 2 fully saturated rings. The van der Waals surface area contributed by atoms with Gasteiger partial charge in [0.15, 0.2) is 0 Å². The molecule has 0 aromatic carbocycles. The first-order valence-corrected chi connectivity index (χ1v) is 4.49. The van der Waals surface area contributed by atoms with E-state index in [0.29, 0.717) is 12.2 Å². The molecule has 2 heteroatoms. The highest BCUT2D eigenvalue weighted by molar-refractivity contribution is 5.18. The zero-order chi connectivity index (χ0) is 8.98. The van der Waals surface area contributed by atoms with Crippen LogP contribution in [0.3, 0.4) is 0 Å². The van der Waals surface area contributed by atoms with Crippen molar-refractivity contribution in [3.63, 3.8) is 0 Å². The molecule has 2 nitrogen and oxygen atoms in total. The molecular weight excluding hydrogens is 152 g/mol. The fourth-order valence-electron chi connectivity index (χ4n) is 1.36. The van der Waals surface area contributed by atoms with Crippen molar-refractivity contribution in [1.82, 2.24) is 0 Å². The Labute approximate surface area is 73.5 Å². The molecule has 0 aromatic heterocycles. The molecule has 0 saturated carbocycles. The van der Waals surface area contributed by atoms with E-state index in [2.05, 4.69) is 39.8 Å². The van der Waals surface area contributed by atoms with Gasteiger partial charge in [0, 0.05) is 0 Å². The van der Waals surface area contributed by atoms with Gasteiger partial charge >= 0.3 is 0 Å². The van der Waals surface area contributed by atoms with Crippen LogP contribution in [0, 0.1) is 0 Å². The van der Waals surface area contributed by atoms with Crippen LogP contribution in [0.4, 0.5) is 0 Å². The summed E-state index contributed by atoms with van der Waals surface area (Å²) in [5.41, 5.74) is 0.0486. The normalized spacial score (nSPS) is 49.7. The second-order valence-electron chi connectivity index (χ2n) is 4.44. The van der Waals surface area contributed by atoms with E-state index in [4.69, 9.17) is 9.47 Å². The summed E-state index contributed by atoms with van der Waals surface area (Å²) in [5.74, 6) is 0. The fraction of sp³-hybridized carbons (Fsp3) is 0.800. The van der Waals surface area contributed by atoms with Crippen molar-refractivity contribution in [2.75, 3.05) is 0 Å². The SMILES string of the molecule is CC1OC1(C)/C=C/C1OC1(C)C. The molecule has 3 unspecified atom stereocenters. The molecule has 2 aliphatic heterocycles. The lowest BCUT2D eigenvalue weighted by Gasteiger charge is -1.94. The van der Waals surface area contributed by atoms with Crippen LogP contribution in [0.2, 0.25) is 0 Å². The van der Waals surface area contributed by atoms with E-state index in [1.807, 2.05) is 0 Å². The van der Waals surface area contributed by atoms with Crippen molar-refractivity contribution in [3.8, 4) is 0 Å². The zero-order valence-corrected chi connectivity index (χ0v) is 8.13. The molecule has 2 aliphatic rings. The lowest BCUT2D eigenvalue weighted by atomic mass is 10.1. The fourth-order valence-corrected chi connectivity index (χ4v) is 1.36. The van der Waals surface area contributed by atoms with Crippen LogP contribution < -0.4 is 0 Å². The Morgan fingerprint density at radius 2 is 1.67 bits per heavy atom. The Balaban J connectivity index is 1.89. The number of hydrogen-bond donors (Lipinski definition) is 0. The maximum atomic E-state index is 5.42. The standard InChI is InChI=1S/C10H16O2/c1-7-10(4,11-7)6-5-8-9(2,3)12-8/h5-8H,1-4H3/b6-5+. The van der Waals surface area contributed by atoms with Crippen LogP contribution in [0.25, 0.3) is 0 Å². The molecule has 0 bridgehead atoms. The van der Waals surface area contributed by atoms with E-state index in [9.17, 15) is 0 Å². The van der Waals surface area contributed by atoms with E-state index < -0.39 is 0 Å². The van der Waals surface area contributed by atoms with Crippen molar-refractivity contribution < 1.29 is 9.47 Å². The predicted molar refractivity (Wildman–Crippen MR) is 47.0 cm³/mol. The number of rotatable bonds is 2. The monoisotopic (exact) mass is 168 g/mol. The van der Waals surface area contributed by atoms with E-state index in [-0.39, 0.29) is 11.2 Å². The highest BCUT2D eigenvalue weighted by Gasteiger charge is 2.49. The van der Waals surface area contributed by atoms with Crippen LogP contribution in [-0.2, 0) is 9.47 Å². The Bertz CT molecular complexity index is 232. The summed E-state index contributed by atoms with van der Waals surface area (Å²) in [7, 11) is 0. The third-order valence-electron chi connectivity index (χ3n) is 2.84. The molecule has 2 rings (SSSR count). The van der Waals surface area contributed by atoms with Gasteiger partial charge < -0.3 is 9.47 Å². The smallest absolute Gasteiger partial charge is 0.110 e. The molecule has 0 spiro atoms. The van der Waals surface area contributed by atoms with Gasteiger partial charge in [-0.3, -0.25) is 0 Å². The van der Waals surface area contributed by atoms with Gasteiger partial charge in [-0.15, -0.1) is 0 Å². The van der Waals surface area contributed by atoms with E-state index in [1.54, 1.807) is 0 Å². The van der Waals surface area contributed by atoms with Crippen LogP contribution in [0.1, 0.15) is 27.7 Å². The second kappa shape index (κ2) is 2.12. The van der Waals surface area contributed by atoms with E-state index in [1.165, 1.54) is 0 Å². The Hall–Kier alpha value is -0.340. The lowest BCUT2D eigenvalue weighted by Crippen LogP contribution is -2.05. The zero-order valence-electron chi connectivity index (χ0n) is 8.13. The largest absolute Gasteiger partial charge is 0.362 e. The van der Waals surface area contributed by atoms with Crippen LogP contribution in [0.5, 0.6) is 0 Å². The Kier molecular flexibility index (Phi) is 1.46. The third kappa shape index (κ3) is 1.29. The quantitative estimate of drug-likeness (QED) is 0.464. The Morgan fingerprint density at radius 1 is 1.17 bits per heavy atom. The summed E-state index contributed by atoms with van der Waals surface area (Å²) in [6.07, 6.45) is 4.90. The molecule has 3 atom stereocenters. The Morgan fingerprint density at radius 3 is 2.00 bits per heavy atom. The molecule has 0 aromatic rings. The van der Waals surface area contributed by atoms with Crippen molar-refractivity contribution in [1.29, 1.82) is 0 Å². The second-order valence-corrected chi connectivity index (χ2v) is 4.44. The molecule has 2 heterocycles. The average molecular weight is 168 g/mol. The van der Waals surface area contributed by atoms with E-state index >= 15 is 0 Å². The highest BCUT2D eigenvalue weighted by Crippen LogP contribution is 2.40. The van der Waals surface area contributed by atoms with E-state index in [0.717, 1.165) is 0 Å². The van der Waals surface area contributed by atoms with Crippen LogP contribution in [-0.4, -0.2) is 23.4 Å². The van der Waals surface area contributed by atoms with Gasteiger partial charge in [-0.25, -0.2) is 0 Å². The lowest BCUT2D eigenvalue weighted by molar-refractivity contribution is 0.331. The summed E-state index contributed by atoms with van der Waals surface area (Å²) in [5, 5.41) is 0. The highest BCUT2D eigenvalue weighted by atomic mass is 16.6. The third-order valence-corrected chi connectivity index (χ3v) is 2.84. The summed E-state index contributed by atoms with van der Waals surface area (Å²) < 4.78 is 10.8. The van der Waals surface area contributed by atoms with Gasteiger partial charge in [-0.1, -0.05) is 12.2 Å². The summed E-state index contributed by atoms with van der Waals surface area (Å²) >= 11 is 0. The first kappa shape index (κ1) is 8.27. The maximum Gasteiger partial charge on any atom is 0.110 e. The molecule has 0 N–H and O–H groups in total. The van der Waals surface area contributed by atoms with Crippen LogP contribution >= 0.6 is 0 Å². The summed E-state index contributed by atoms with van der Waals surface area (Å²) in [4.78, 5) is 0. The summed E-state index contributed by atoms with van der Waals surface area (Å²) in [6, 6.07) is 0. The molecule has 12 heavy (non-hydrogen) atoms. The van der Waals surface area contributed by atoms with Gasteiger partial charge in [0.2, 0.25) is 0 Å². The molecule has 68 valence electrons. The van der Waals surface area contributed by atoms with Crippen molar-refractivity contribution in [3.05, 3.63) is 12.2 Å². The van der Waals surface area contributed by atoms with Crippen molar-refractivity contribution in [2.24, 2.45) is 0 Å². The first-order valence-electron chi connectivity index (χ1n) is 4.49. The summed E-state index contributed by atoms with van der Waals surface area (Å²) in [6.45, 7) is 8.38. The molecular formula is C10H16O2. The minimum Gasteiger partial charge on any atom is -0.362 e. The first-order chi connectivity index (χ1) is 5.44. The number of hydrogen-bond acceptors (Lipinski definition) is 2. The number of epoxide rings is 2. The van der Waals surface area contributed by atoms with Crippen LogP contribution in [0.15, 0.2) is 12.2 Å². The van der Waals surface area contributed by atoms with Crippen molar-refractivity contribution >= 4 is 0 Å². The maximum absolute atomic E-state index is 5.42. The van der Waals surface area contributed by atoms with Gasteiger partial charge in [0.1, 0.15) is 11.7 Å². The topological polar surface area (TPSA) is 25.1 Å². The van der Waals surface area contributed by atoms with Gasteiger partial charge in [-0.2, -0.15) is 0 Å². The van der Waals surface area contributed by atoms with Crippen molar-refractivity contribution in [2.45, 2.75) is 51.1 Å². The average Bonchev–Trinajstić information content (AvgIpc) is 2.72. The number of ether oxygens (including phenoxy) is 2.